The van der Waals surface area contributed by atoms with E-state index in [4.69, 9.17) is 21.1 Å². The maximum absolute atomic E-state index is 10.1. The summed E-state index contributed by atoms with van der Waals surface area (Å²) in [4.78, 5) is 10.1. The van der Waals surface area contributed by atoms with Crippen LogP contribution in [0, 0.1) is 0 Å². The molecule has 3 nitrogen and oxygen atoms in total. The summed E-state index contributed by atoms with van der Waals surface area (Å²) in [6.45, 7) is 1.31. The lowest BCUT2D eigenvalue weighted by atomic mass is 10.1. The molecule has 1 heterocycles. The Morgan fingerprint density at radius 3 is 2.50 bits per heavy atom. The zero-order valence-corrected chi connectivity index (χ0v) is 9.09. The van der Waals surface area contributed by atoms with Gasteiger partial charge in [0.1, 0.15) is 6.29 Å². The van der Waals surface area contributed by atoms with E-state index in [0.29, 0.717) is 25.5 Å². The van der Waals surface area contributed by atoms with Gasteiger partial charge < -0.3 is 14.3 Å². The topological polar surface area (TPSA) is 35.5 Å². The fraction of sp³-hybridized carbons (Fsp3) is 0.900. The van der Waals surface area contributed by atoms with Crippen molar-refractivity contribution in [2.75, 3.05) is 19.1 Å². The number of hydrogen-bond donors (Lipinski definition) is 0. The second-order valence-electron chi connectivity index (χ2n) is 3.46. The van der Waals surface area contributed by atoms with Gasteiger partial charge in [-0.05, 0) is 12.8 Å². The highest BCUT2D eigenvalue weighted by Crippen LogP contribution is 2.29. The predicted octanol–water partition coefficient (Wildman–Crippen LogP) is 2.12. The maximum atomic E-state index is 10.1. The SMILES string of the molecule is O=CCCCCC1(CCCl)OCCO1. The zero-order chi connectivity index (χ0) is 10.3. The molecule has 0 bridgehead atoms. The van der Waals surface area contributed by atoms with Crippen molar-refractivity contribution in [3.8, 4) is 0 Å². The van der Waals surface area contributed by atoms with E-state index in [1.165, 1.54) is 0 Å². The van der Waals surface area contributed by atoms with Crippen molar-refractivity contribution in [1.29, 1.82) is 0 Å². The molecule has 0 aromatic heterocycles. The molecule has 1 aliphatic heterocycles. The van der Waals surface area contributed by atoms with Gasteiger partial charge >= 0.3 is 0 Å². The number of carbonyl (C=O) groups is 1. The molecule has 0 spiro atoms. The Morgan fingerprint density at radius 1 is 1.21 bits per heavy atom. The summed E-state index contributed by atoms with van der Waals surface area (Å²) in [5.74, 6) is 0.0956. The third kappa shape index (κ3) is 3.56. The number of alkyl halides is 1. The second kappa shape index (κ2) is 6.38. The monoisotopic (exact) mass is 220 g/mol. The van der Waals surface area contributed by atoms with Crippen LogP contribution in [0.3, 0.4) is 0 Å². The highest BCUT2D eigenvalue weighted by atomic mass is 35.5. The number of carbonyl (C=O) groups excluding carboxylic acids is 1. The molecule has 4 heteroatoms. The lowest BCUT2D eigenvalue weighted by Gasteiger charge is -2.26. The molecule has 0 atom stereocenters. The summed E-state index contributed by atoms with van der Waals surface area (Å²) in [6, 6.07) is 0. The molecule has 1 saturated heterocycles. The van der Waals surface area contributed by atoms with Crippen LogP contribution < -0.4 is 0 Å². The van der Waals surface area contributed by atoms with Crippen LogP contribution in [0.1, 0.15) is 32.1 Å². The van der Waals surface area contributed by atoms with E-state index in [-0.39, 0.29) is 0 Å². The zero-order valence-electron chi connectivity index (χ0n) is 8.34. The van der Waals surface area contributed by atoms with Gasteiger partial charge in [-0.15, -0.1) is 11.6 Å². The molecule has 0 amide bonds. The van der Waals surface area contributed by atoms with Crippen molar-refractivity contribution < 1.29 is 14.3 Å². The molecule has 0 unspecified atom stereocenters. The Kier molecular flexibility index (Phi) is 5.45. The Morgan fingerprint density at radius 2 is 1.93 bits per heavy atom. The molecule has 0 N–H and O–H groups in total. The molecule has 82 valence electrons. The molecule has 1 rings (SSSR count). The lowest BCUT2D eigenvalue weighted by Crippen LogP contribution is -2.30. The van der Waals surface area contributed by atoms with Crippen LogP contribution in [0.4, 0.5) is 0 Å². The van der Waals surface area contributed by atoms with Crippen LogP contribution in [0.5, 0.6) is 0 Å². The van der Waals surface area contributed by atoms with E-state index < -0.39 is 5.79 Å². The van der Waals surface area contributed by atoms with E-state index >= 15 is 0 Å². The smallest absolute Gasteiger partial charge is 0.169 e. The van der Waals surface area contributed by atoms with Crippen molar-refractivity contribution in [3.63, 3.8) is 0 Å². The number of hydrogen-bond acceptors (Lipinski definition) is 3. The number of halogens is 1. The van der Waals surface area contributed by atoms with Crippen LogP contribution >= 0.6 is 11.6 Å². The third-order valence-electron chi connectivity index (χ3n) is 2.42. The molecular weight excluding hydrogens is 204 g/mol. The minimum atomic E-state index is -0.454. The summed E-state index contributed by atoms with van der Waals surface area (Å²) < 4.78 is 11.1. The minimum absolute atomic E-state index is 0.454. The number of unbranched alkanes of at least 4 members (excludes halogenated alkanes) is 2. The molecule has 0 aromatic carbocycles. The minimum Gasteiger partial charge on any atom is -0.347 e. The van der Waals surface area contributed by atoms with Crippen molar-refractivity contribution in [2.45, 2.75) is 37.9 Å². The van der Waals surface area contributed by atoms with Crippen molar-refractivity contribution in [1.82, 2.24) is 0 Å². The van der Waals surface area contributed by atoms with Crippen LogP contribution in [0.25, 0.3) is 0 Å². The molecule has 0 aliphatic carbocycles. The average Bonchev–Trinajstić information content (AvgIpc) is 2.63. The van der Waals surface area contributed by atoms with Crippen LogP contribution in [0.2, 0.25) is 0 Å². The number of rotatable bonds is 7. The fourth-order valence-corrected chi connectivity index (χ4v) is 1.96. The Bertz CT molecular complexity index is 167. The van der Waals surface area contributed by atoms with Gasteiger partial charge in [0.15, 0.2) is 5.79 Å². The first-order valence-corrected chi connectivity index (χ1v) is 5.64. The average molecular weight is 221 g/mol. The first-order valence-electron chi connectivity index (χ1n) is 5.10. The fourth-order valence-electron chi connectivity index (χ4n) is 1.68. The molecule has 1 fully saturated rings. The Hall–Kier alpha value is -0.120. The van der Waals surface area contributed by atoms with Gasteiger partial charge in [-0.2, -0.15) is 0 Å². The molecule has 14 heavy (non-hydrogen) atoms. The molecular formula is C10H17ClO3. The maximum Gasteiger partial charge on any atom is 0.169 e. The van der Waals surface area contributed by atoms with E-state index in [2.05, 4.69) is 0 Å². The third-order valence-corrected chi connectivity index (χ3v) is 2.61. The first-order chi connectivity index (χ1) is 6.83. The predicted molar refractivity (Wildman–Crippen MR) is 54.5 cm³/mol. The quantitative estimate of drug-likeness (QED) is 0.375. The van der Waals surface area contributed by atoms with Crippen molar-refractivity contribution in [2.24, 2.45) is 0 Å². The van der Waals surface area contributed by atoms with Crippen LogP contribution in [-0.2, 0) is 14.3 Å². The van der Waals surface area contributed by atoms with Gasteiger partial charge in [-0.1, -0.05) is 0 Å². The van der Waals surface area contributed by atoms with Gasteiger partial charge in [0.05, 0.1) is 13.2 Å². The molecule has 1 aliphatic rings. The Labute approximate surface area is 89.7 Å². The summed E-state index contributed by atoms with van der Waals surface area (Å²) in [5.41, 5.74) is 0. The summed E-state index contributed by atoms with van der Waals surface area (Å²) in [7, 11) is 0. The van der Waals surface area contributed by atoms with Gasteiger partial charge in [0.2, 0.25) is 0 Å². The van der Waals surface area contributed by atoms with Gasteiger partial charge in [0, 0.05) is 25.1 Å². The highest BCUT2D eigenvalue weighted by Gasteiger charge is 2.34. The van der Waals surface area contributed by atoms with Crippen molar-refractivity contribution in [3.05, 3.63) is 0 Å². The normalized spacial score (nSPS) is 19.8. The molecule has 0 aromatic rings. The molecule has 0 saturated carbocycles. The van der Waals surface area contributed by atoms with E-state index in [9.17, 15) is 4.79 Å². The number of aldehydes is 1. The summed E-state index contributed by atoms with van der Waals surface area (Å²) in [5, 5.41) is 0. The van der Waals surface area contributed by atoms with Crippen LogP contribution in [0.15, 0.2) is 0 Å². The standard InChI is InChI=1S/C10H17ClO3/c11-6-5-10(13-8-9-14-10)4-2-1-3-7-12/h7H,1-6,8-9H2. The second-order valence-corrected chi connectivity index (χ2v) is 3.84. The van der Waals surface area contributed by atoms with Gasteiger partial charge in [0.25, 0.3) is 0 Å². The van der Waals surface area contributed by atoms with Gasteiger partial charge in [-0.3, -0.25) is 0 Å². The highest BCUT2D eigenvalue weighted by molar-refractivity contribution is 6.17. The van der Waals surface area contributed by atoms with E-state index in [0.717, 1.165) is 32.0 Å². The molecule has 0 radical (unpaired) electrons. The Balaban J connectivity index is 2.24. The first kappa shape index (κ1) is 12.0. The van der Waals surface area contributed by atoms with Crippen LogP contribution in [-0.4, -0.2) is 31.2 Å². The van der Waals surface area contributed by atoms with Gasteiger partial charge in [-0.25, -0.2) is 0 Å². The summed E-state index contributed by atoms with van der Waals surface area (Å²) >= 11 is 5.70. The largest absolute Gasteiger partial charge is 0.347 e. The lowest BCUT2D eigenvalue weighted by molar-refractivity contribution is -0.164. The summed E-state index contributed by atoms with van der Waals surface area (Å²) in [6.07, 6.45) is 5.00. The van der Waals surface area contributed by atoms with Crippen molar-refractivity contribution >= 4 is 17.9 Å². The van der Waals surface area contributed by atoms with E-state index in [1.807, 2.05) is 0 Å². The van der Waals surface area contributed by atoms with E-state index in [1.54, 1.807) is 0 Å². The number of ether oxygens (including phenoxy) is 2.